The second-order valence-corrected chi connectivity index (χ2v) is 3.81. The monoisotopic (exact) mass is 156 g/mol. The first kappa shape index (κ1) is 7.56. The average molecular weight is 156 g/mol. The van der Waals surface area contributed by atoms with Gasteiger partial charge in [-0.1, -0.05) is 13.8 Å². The number of rotatable bonds is 1. The summed E-state index contributed by atoms with van der Waals surface area (Å²) in [6, 6.07) is 0. The van der Waals surface area contributed by atoms with Gasteiger partial charge >= 0.3 is 0 Å². The highest BCUT2D eigenvalue weighted by Crippen LogP contribution is 2.45. The molecule has 2 aliphatic rings. The smallest absolute Gasteiger partial charge is 0.0968 e. The van der Waals surface area contributed by atoms with E-state index in [2.05, 4.69) is 20.8 Å². The molecule has 0 aromatic rings. The highest BCUT2D eigenvalue weighted by molar-refractivity contribution is 5.03. The molecule has 2 bridgehead atoms. The van der Waals surface area contributed by atoms with E-state index in [4.69, 9.17) is 9.47 Å². The van der Waals surface area contributed by atoms with Crippen molar-refractivity contribution in [1.29, 1.82) is 0 Å². The van der Waals surface area contributed by atoms with Crippen LogP contribution in [0.3, 0.4) is 0 Å². The Balaban J connectivity index is 2.24. The molecule has 0 radical (unpaired) electrons. The largest absolute Gasteiger partial charge is 0.372 e. The Kier molecular flexibility index (Phi) is 1.52. The van der Waals surface area contributed by atoms with Crippen LogP contribution in [0.2, 0.25) is 0 Å². The molecule has 1 unspecified atom stereocenters. The van der Waals surface area contributed by atoms with Crippen molar-refractivity contribution in [3.8, 4) is 0 Å². The maximum absolute atomic E-state index is 5.88. The van der Waals surface area contributed by atoms with Crippen molar-refractivity contribution in [2.24, 2.45) is 5.92 Å². The minimum Gasteiger partial charge on any atom is -0.372 e. The summed E-state index contributed by atoms with van der Waals surface area (Å²) in [7, 11) is 0. The van der Waals surface area contributed by atoms with Gasteiger partial charge in [-0.05, 0) is 13.3 Å². The Bertz CT molecular complexity index is 169. The Morgan fingerprint density at radius 2 is 2.18 bits per heavy atom. The fourth-order valence-corrected chi connectivity index (χ4v) is 2.44. The molecule has 0 aromatic heterocycles. The minimum atomic E-state index is 0.0596. The van der Waals surface area contributed by atoms with E-state index in [0.29, 0.717) is 18.1 Å². The zero-order valence-corrected chi connectivity index (χ0v) is 7.46. The molecule has 2 heterocycles. The average Bonchev–Trinajstić information content (AvgIpc) is 2.42. The first-order valence-corrected chi connectivity index (χ1v) is 4.49. The second kappa shape index (κ2) is 2.20. The van der Waals surface area contributed by atoms with E-state index in [9.17, 15) is 0 Å². The topological polar surface area (TPSA) is 18.5 Å². The summed E-state index contributed by atoms with van der Waals surface area (Å²) in [5, 5.41) is 0. The predicted molar refractivity (Wildman–Crippen MR) is 42.5 cm³/mol. The van der Waals surface area contributed by atoms with Crippen LogP contribution in [0.5, 0.6) is 0 Å². The fourth-order valence-electron chi connectivity index (χ4n) is 2.44. The molecule has 2 saturated heterocycles. The van der Waals surface area contributed by atoms with Gasteiger partial charge in [-0.15, -0.1) is 0 Å². The van der Waals surface area contributed by atoms with Crippen molar-refractivity contribution in [2.75, 3.05) is 6.61 Å². The number of hydrogen-bond acceptors (Lipinski definition) is 2. The van der Waals surface area contributed by atoms with Crippen molar-refractivity contribution in [1.82, 2.24) is 0 Å². The van der Waals surface area contributed by atoms with Gasteiger partial charge in [-0.2, -0.15) is 0 Å². The van der Waals surface area contributed by atoms with Crippen LogP contribution in [0.15, 0.2) is 0 Å². The summed E-state index contributed by atoms with van der Waals surface area (Å²) < 4.78 is 11.5. The maximum Gasteiger partial charge on any atom is 0.0968 e. The van der Waals surface area contributed by atoms with Gasteiger partial charge < -0.3 is 9.47 Å². The number of ether oxygens (including phenoxy) is 2. The molecule has 0 amide bonds. The SMILES string of the molecule is CC[C@@]12CO[C@@H](C1C)[C@H](C)O2. The Morgan fingerprint density at radius 3 is 2.45 bits per heavy atom. The highest BCUT2D eigenvalue weighted by Gasteiger charge is 2.56. The summed E-state index contributed by atoms with van der Waals surface area (Å²) in [4.78, 5) is 0. The van der Waals surface area contributed by atoms with Crippen molar-refractivity contribution in [3.63, 3.8) is 0 Å². The Labute approximate surface area is 67.9 Å². The first-order valence-electron chi connectivity index (χ1n) is 4.49. The molecule has 2 rings (SSSR count). The van der Waals surface area contributed by atoms with Gasteiger partial charge in [-0.25, -0.2) is 0 Å². The van der Waals surface area contributed by atoms with Crippen LogP contribution in [0.4, 0.5) is 0 Å². The minimum absolute atomic E-state index is 0.0596. The zero-order valence-electron chi connectivity index (χ0n) is 7.46. The molecule has 0 aromatic carbocycles. The van der Waals surface area contributed by atoms with E-state index in [1.165, 1.54) is 0 Å². The van der Waals surface area contributed by atoms with Crippen LogP contribution in [0, 0.1) is 5.92 Å². The van der Waals surface area contributed by atoms with Crippen LogP contribution in [-0.4, -0.2) is 24.4 Å². The quantitative estimate of drug-likeness (QED) is 0.574. The van der Waals surface area contributed by atoms with Gasteiger partial charge in [0, 0.05) is 5.92 Å². The molecule has 0 N–H and O–H groups in total. The lowest BCUT2D eigenvalue weighted by molar-refractivity contribution is -0.137. The lowest BCUT2D eigenvalue weighted by Gasteiger charge is -2.28. The third-order valence-electron chi connectivity index (χ3n) is 3.32. The van der Waals surface area contributed by atoms with Crippen LogP contribution in [0.1, 0.15) is 27.2 Å². The highest BCUT2D eigenvalue weighted by atomic mass is 16.6. The fraction of sp³-hybridized carbons (Fsp3) is 1.00. The van der Waals surface area contributed by atoms with Gasteiger partial charge in [0.15, 0.2) is 0 Å². The molecule has 2 nitrogen and oxygen atoms in total. The van der Waals surface area contributed by atoms with Crippen LogP contribution in [0.25, 0.3) is 0 Å². The molecular weight excluding hydrogens is 140 g/mol. The Morgan fingerprint density at radius 1 is 1.45 bits per heavy atom. The normalized spacial score (nSPS) is 55.4. The lowest BCUT2D eigenvalue weighted by atomic mass is 9.88. The molecule has 2 fully saturated rings. The van der Waals surface area contributed by atoms with Gasteiger partial charge in [0.2, 0.25) is 0 Å². The summed E-state index contributed by atoms with van der Waals surface area (Å²) in [6.07, 6.45) is 1.74. The third kappa shape index (κ3) is 0.798. The molecular formula is C9H16O2. The maximum atomic E-state index is 5.88. The van der Waals surface area contributed by atoms with Crippen molar-refractivity contribution >= 4 is 0 Å². The van der Waals surface area contributed by atoms with Crippen LogP contribution < -0.4 is 0 Å². The van der Waals surface area contributed by atoms with Gasteiger partial charge in [-0.3, -0.25) is 0 Å². The van der Waals surface area contributed by atoms with Gasteiger partial charge in [0.25, 0.3) is 0 Å². The van der Waals surface area contributed by atoms with Crippen LogP contribution >= 0.6 is 0 Å². The standard InChI is InChI=1S/C9H16O2/c1-4-9-5-10-8(6(9)2)7(3)11-9/h6-8H,4-5H2,1-3H3/t6?,7-,8-,9+/m0/s1. The second-order valence-electron chi connectivity index (χ2n) is 3.81. The van der Waals surface area contributed by atoms with E-state index < -0.39 is 0 Å². The van der Waals surface area contributed by atoms with E-state index in [-0.39, 0.29) is 5.60 Å². The molecule has 11 heavy (non-hydrogen) atoms. The summed E-state index contributed by atoms with van der Waals surface area (Å²) in [6.45, 7) is 7.34. The van der Waals surface area contributed by atoms with Gasteiger partial charge in [0.1, 0.15) is 0 Å². The van der Waals surface area contributed by atoms with E-state index in [1.807, 2.05) is 0 Å². The van der Waals surface area contributed by atoms with E-state index in [1.54, 1.807) is 0 Å². The third-order valence-corrected chi connectivity index (χ3v) is 3.32. The molecule has 2 aliphatic heterocycles. The molecule has 0 aliphatic carbocycles. The summed E-state index contributed by atoms with van der Waals surface area (Å²) in [5.41, 5.74) is 0.0596. The molecule has 0 spiro atoms. The first-order chi connectivity index (χ1) is 5.19. The van der Waals surface area contributed by atoms with E-state index in [0.717, 1.165) is 13.0 Å². The molecule has 64 valence electrons. The van der Waals surface area contributed by atoms with Crippen molar-refractivity contribution < 1.29 is 9.47 Å². The van der Waals surface area contributed by atoms with Crippen molar-refractivity contribution in [3.05, 3.63) is 0 Å². The zero-order chi connectivity index (χ0) is 8.06. The summed E-state index contributed by atoms with van der Waals surface area (Å²) in [5.74, 6) is 0.586. The molecule has 2 heteroatoms. The van der Waals surface area contributed by atoms with E-state index >= 15 is 0 Å². The number of hydrogen-bond donors (Lipinski definition) is 0. The number of fused-ring (bicyclic) bond motifs is 2. The lowest BCUT2D eigenvalue weighted by Crippen LogP contribution is -2.36. The molecule has 4 atom stereocenters. The van der Waals surface area contributed by atoms with Gasteiger partial charge in [0.05, 0.1) is 24.4 Å². The molecule has 0 saturated carbocycles. The Hall–Kier alpha value is -0.0800. The predicted octanol–water partition coefficient (Wildman–Crippen LogP) is 1.59. The van der Waals surface area contributed by atoms with Crippen LogP contribution in [-0.2, 0) is 9.47 Å². The summed E-state index contributed by atoms with van der Waals surface area (Å²) >= 11 is 0. The van der Waals surface area contributed by atoms with Crippen molar-refractivity contribution in [2.45, 2.75) is 45.0 Å².